The van der Waals surface area contributed by atoms with Crippen LogP contribution in [-0.4, -0.2) is 24.5 Å². The molecule has 0 fully saturated rings. The van der Waals surface area contributed by atoms with Gasteiger partial charge in [0.2, 0.25) is 0 Å². The smallest absolute Gasteiger partial charge is 0.310 e. The van der Waals surface area contributed by atoms with E-state index in [-0.39, 0.29) is 0 Å². The summed E-state index contributed by atoms with van der Waals surface area (Å²) in [5, 5.41) is 0.862. The second kappa shape index (κ2) is 8.08. The average Bonchev–Trinajstić information content (AvgIpc) is 2.38. The normalized spacial score (nSPS) is 12.7. The van der Waals surface area contributed by atoms with Crippen LogP contribution in [0.4, 0.5) is 0 Å². The second-order valence-corrected chi connectivity index (χ2v) is 7.11. The largest absolute Gasteiger partial charge is 0.313 e. The van der Waals surface area contributed by atoms with E-state index in [0.717, 1.165) is 10.6 Å². The van der Waals surface area contributed by atoms with E-state index in [0.29, 0.717) is 13.2 Å². The monoisotopic (exact) mass is 303 g/mol. The Labute approximate surface area is 118 Å². The van der Waals surface area contributed by atoms with Gasteiger partial charge in [0.05, 0.1) is 13.2 Å². The van der Waals surface area contributed by atoms with Crippen LogP contribution in [0.1, 0.15) is 19.4 Å². The Morgan fingerprint density at radius 1 is 1.22 bits per heavy atom. The Hall–Kier alpha value is -0.190. The first-order valence-electron chi connectivity index (χ1n) is 5.74. The van der Waals surface area contributed by atoms with Crippen molar-refractivity contribution >= 4 is 35.3 Å². The zero-order valence-corrected chi connectivity index (χ0v) is 13.4. The lowest BCUT2D eigenvalue weighted by Crippen LogP contribution is -1.99. The SMILES string of the molecule is CCOP(=S)(/N=C(\SC)c1ccccc1)OCC. The van der Waals surface area contributed by atoms with Crippen LogP contribution in [0.2, 0.25) is 0 Å². The van der Waals surface area contributed by atoms with E-state index < -0.39 is 6.64 Å². The molecule has 0 radical (unpaired) electrons. The maximum absolute atomic E-state index is 5.53. The predicted molar refractivity (Wildman–Crippen MR) is 84.0 cm³/mol. The fourth-order valence-corrected chi connectivity index (χ4v) is 4.56. The molecule has 0 amide bonds. The molecule has 0 N–H and O–H groups in total. The van der Waals surface area contributed by atoms with E-state index in [1.807, 2.05) is 50.4 Å². The lowest BCUT2D eigenvalue weighted by atomic mass is 10.2. The van der Waals surface area contributed by atoms with Gasteiger partial charge in [0.1, 0.15) is 5.04 Å². The van der Waals surface area contributed by atoms with Gasteiger partial charge in [0, 0.05) is 5.56 Å². The molecule has 0 aliphatic carbocycles. The van der Waals surface area contributed by atoms with Crippen molar-refractivity contribution < 1.29 is 9.05 Å². The van der Waals surface area contributed by atoms with E-state index >= 15 is 0 Å². The average molecular weight is 303 g/mol. The third kappa shape index (κ3) is 4.82. The summed E-state index contributed by atoms with van der Waals surface area (Å²) in [7, 11) is 0. The highest BCUT2D eigenvalue weighted by atomic mass is 32.5. The van der Waals surface area contributed by atoms with Gasteiger partial charge in [0.15, 0.2) is 0 Å². The Bertz CT molecular complexity index is 427. The standard InChI is InChI=1S/C12H18NO2PS2/c1-4-14-16(17,15-5-2)13-12(18-3)11-9-7-6-8-10-11/h6-10H,4-5H2,1-3H3/b13-12-. The third-order valence-electron chi connectivity index (χ3n) is 2.01. The van der Waals surface area contributed by atoms with Crippen molar-refractivity contribution in [3.05, 3.63) is 35.9 Å². The van der Waals surface area contributed by atoms with Crippen molar-refractivity contribution in [2.75, 3.05) is 19.5 Å². The van der Waals surface area contributed by atoms with Crippen LogP contribution in [0.5, 0.6) is 0 Å². The van der Waals surface area contributed by atoms with Gasteiger partial charge in [-0.2, -0.15) is 4.76 Å². The highest BCUT2D eigenvalue weighted by Crippen LogP contribution is 2.51. The molecule has 0 aliphatic rings. The summed E-state index contributed by atoms with van der Waals surface area (Å²) in [6, 6.07) is 9.94. The van der Waals surface area contributed by atoms with Gasteiger partial charge in [-0.1, -0.05) is 30.3 Å². The highest BCUT2D eigenvalue weighted by molar-refractivity contribution is 8.15. The number of nitrogens with zero attached hydrogens (tertiary/aromatic N) is 1. The summed E-state index contributed by atoms with van der Waals surface area (Å²) in [5.74, 6) is 0. The van der Waals surface area contributed by atoms with E-state index in [4.69, 9.17) is 20.9 Å². The van der Waals surface area contributed by atoms with Crippen LogP contribution >= 0.6 is 18.4 Å². The number of benzene rings is 1. The van der Waals surface area contributed by atoms with Gasteiger partial charge in [-0.15, -0.1) is 11.8 Å². The van der Waals surface area contributed by atoms with Gasteiger partial charge in [-0.3, -0.25) is 0 Å². The molecule has 100 valence electrons. The van der Waals surface area contributed by atoms with Crippen molar-refractivity contribution in [1.29, 1.82) is 0 Å². The molecule has 0 unspecified atom stereocenters. The molecule has 1 aromatic carbocycles. The van der Waals surface area contributed by atoms with Crippen LogP contribution in [0, 0.1) is 0 Å². The zero-order valence-electron chi connectivity index (χ0n) is 10.8. The molecule has 1 rings (SSSR count). The summed E-state index contributed by atoms with van der Waals surface area (Å²) in [6.07, 6.45) is 1.98. The van der Waals surface area contributed by atoms with Crippen molar-refractivity contribution in [3.8, 4) is 0 Å². The number of thioether (sulfide) groups is 1. The van der Waals surface area contributed by atoms with E-state index in [1.165, 1.54) is 0 Å². The zero-order chi connectivity index (χ0) is 13.4. The molecule has 0 aromatic heterocycles. The van der Waals surface area contributed by atoms with Crippen molar-refractivity contribution in [3.63, 3.8) is 0 Å². The first kappa shape index (κ1) is 15.9. The molecule has 0 heterocycles. The van der Waals surface area contributed by atoms with Gasteiger partial charge < -0.3 is 9.05 Å². The van der Waals surface area contributed by atoms with Crippen LogP contribution in [-0.2, 0) is 20.9 Å². The molecule has 0 atom stereocenters. The summed E-state index contributed by atoms with van der Waals surface area (Å²) in [6.45, 7) is 2.26. The predicted octanol–water partition coefficient (Wildman–Crippen LogP) is 4.09. The second-order valence-electron chi connectivity index (χ2n) is 3.28. The lowest BCUT2D eigenvalue weighted by Gasteiger charge is -2.17. The Balaban J connectivity index is 3.05. The number of rotatable bonds is 6. The molecule has 0 bridgehead atoms. The van der Waals surface area contributed by atoms with Crippen molar-refractivity contribution in [1.82, 2.24) is 0 Å². The minimum atomic E-state index is -2.56. The van der Waals surface area contributed by atoms with Crippen molar-refractivity contribution in [2.45, 2.75) is 13.8 Å². The van der Waals surface area contributed by atoms with Gasteiger partial charge in [-0.05, 0) is 31.9 Å². The minimum absolute atomic E-state index is 0.511. The molecule has 6 heteroatoms. The fraction of sp³-hybridized carbons (Fsp3) is 0.417. The third-order valence-corrected chi connectivity index (χ3v) is 5.35. The van der Waals surface area contributed by atoms with E-state index in [2.05, 4.69) is 4.76 Å². The van der Waals surface area contributed by atoms with Gasteiger partial charge in [0.25, 0.3) is 0 Å². The van der Waals surface area contributed by atoms with Gasteiger partial charge >= 0.3 is 6.64 Å². The van der Waals surface area contributed by atoms with Crippen LogP contribution in [0.15, 0.2) is 35.1 Å². The maximum atomic E-state index is 5.53. The Kier molecular flexibility index (Phi) is 7.12. The Morgan fingerprint density at radius 3 is 2.22 bits per heavy atom. The quantitative estimate of drug-likeness (QED) is 0.450. The first-order valence-corrected chi connectivity index (χ1v) is 9.55. The lowest BCUT2D eigenvalue weighted by molar-refractivity contribution is 0.267. The number of hydrogen-bond donors (Lipinski definition) is 0. The van der Waals surface area contributed by atoms with E-state index in [1.54, 1.807) is 11.8 Å². The molecular weight excluding hydrogens is 285 g/mol. The summed E-state index contributed by atoms with van der Waals surface area (Å²) in [4.78, 5) is 0. The summed E-state index contributed by atoms with van der Waals surface area (Å²) in [5.41, 5.74) is 1.04. The summed E-state index contributed by atoms with van der Waals surface area (Å²) < 4.78 is 15.6. The summed E-state index contributed by atoms with van der Waals surface area (Å²) >= 11 is 6.96. The maximum Gasteiger partial charge on any atom is 0.310 e. The highest BCUT2D eigenvalue weighted by Gasteiger charge is 2.18. The first-order chi connectivity index (χ1) is 8.65. The Morgan fingerprint density at radius 2 is 1.78 bits per heavy atom. The molecule has 0 saturated heterocycles. The fourth-order valence-electron chi connectivity index (χ4n) is 1.33. The van der Waals surface area contributed by atoms with Crippen LogP contribution in [0.25, 0.3) is 0 Å². The molecule has 18 heavy (non-hydrogen) atoms. The molecule has 3 nitrogen and oxygen atoms in total. The van der Waals surface area contributed by atoms with Crippen LogP contribution < -0.4 is 0 Å². The van der Waals surface area contributed by atoms with Crippen LogP contribution in [0.3, 0.4) is 0 Å². The van der Waals surface area contributed by atoms with E-state index in [9.17, 15) is 0 Å². The van der Waals surface area contributed by atoms with Gasteiger partial charge in [-0.25, -0.2) is 0 Å². The molecular formula is C12H18NO2PS2. The molecule has 0 saturated carbocycles. The topological polar surface area (TPSA) is 30.8 Å². The van der Waals surface area contributed by atoms with Crippen molar-refractivity contribution in [2.24, 2.45) is 4.76 Å². The molecule has 0 spiro atoms. The minimum Gasteiger partial charge on any atom is -0.313 e. The molecule has 1 aromatic rings. The number of hydrogen-bond acceptors (Lipinski definition) is 4. The molecule has 0 aliphatic heterocycles.